The molecule has 6 nitrogen and oxygen atoms in total. The maximum Gasteiger partial charge on any atom is 0.251 e. The van der Waals surface area contributed by atoms with Gasteiger partial charge in [-0.3, -0.25) is 4.79 Å². The molecular formula is C23H23N3O3. The quantitative estimate of drug-likeness (QED) is 0.697. The van der Waals surface area contributed by atoms with Crippen LogP contribution in [-0.4, -0.2) is 37.2 Å². The van der Waals surface area contributed by atoms with Crippen LogP contribution in [0, 0.1) is 0 Å². The second kappa shape index (κ2) is 9.21. The zero-order chi connectivity index (χ0) is 19.9. The Morgan fingerprint density at radius 3 is 2.55 bits per heavy atom. The van der Waals surface area contributed by atoms with Crippen molar-refractivity contribution in [2.45, 2.75) is 6.54 Å². The normalized spacial score (nSPS) is 13.7. The molecule has 0 radical (unpaired) electrons. The summed E-state index contributed by atoms with van der Waals surface area (Å²) in [4.78, 5) is 19.2. The highest BCUT2D eigenvalue weighted by atomic mass is 16.5. The van der Waals surface area contributed by atoms with E-state index in [9.17, 15) is 4.79 Å². The van der Waals surface area contributed by atoms with Crippen molar-refractivity contribution in [2.75, 3.05) is 31.2 Å². The van der Waals surface area contributed by atoms with Crippen LogP contribution in [-0.2, 0) is 11.3 Å². The van der Waals surface area contributed by atoms with E-state index in [4.69, 9.17) is 9.47 Å². The van der Waals surface area contributed by atoms with Gasteiger partial charge in [0.2, 0.25) is 0 Å². The van der Waals surface area contributed by atoms with Crippen LogP contribution in [0.15, 0.2) is 72.9 Å². The Hall–Kier alpha value is -3.38. The van der Waals surface area contributed by atoms with Gasteiger partial charge in [-0.15, -0.1) is 0 Å². The minimum atomic E-state index is -0.152. The molecule has 1 saturated heterocycles. The van der Waals surface area contributed by atoms with E-state index in [2.05, 4.69) is 15.2 Å². The number of pyridine rings is 1. The van der Waals surface area contributed by atoms with E-state index in [0.717, 1.165) is 43.4 Å². The number of hydrogen-bond donors (Lipinski definition) is 1. The van der Waals surface area contributed by atoms with Gasteiger partial charge < -0.3 is 19.7 Å². The van der Waals surface area contributed by atoms with Crippen LogP contribution < -0.4 is 15.0 Å². The van der Waals surface area contributed by atoms with Gasteiger partial charge in [-0.1, -0.05) is 30.3 Å². The summed E-state index contributed by atoms with van der Waals surface area (Å²) in [7, 11) is 0. The van der Waals surface area contributed by atoms with E-state index in [1.165, 1.54) is 0 Å². The van der Waals surface area contributed by atoms with Crippen molar-refractivity contribution in [3.8, 4) is 11.5 Å². The summed E-state index contributed by atoms with van der Waals surface area (Å²) in [6.45, 7) is 3.58. The van der Waals surface area contributed by atoms with Gasteiger partial charge in [-0.05, 0) is 42.0 Å². The fraction of sp³-hybridized carbons (Fsp3) is 0.217. The summed E-state index contributed by atoms with van der Waals surface area (Å²) in [6, 6.07) is 20.6. The first-order valence-corrected chi connectivity index (χ1v) is 9.67. The van der Waals surface area contributed by atoms with Crippen LogP contribution in [0.2, 0.25) is 0 Å². The number of anilines is 1. The molecular weight excluding hydrogens is 366 g/mol. The first-order chi connectivity index (χ1) is 14.3. The molecule has 0 spiro atoms. The number of nitrogens with one attached hydrogen (secondary N) is 1. The number of ether oxygens (including phenoxy) is 2. The van der Waals surface area contributed by atoms with Gasteiger partial charge in [0.15, 0.2) is 0 Å². The molecule has 2 aromatic carbocycles. The Morgan fingerprint density at radius 1 is 1.00 bits per heavy atom. The molecule has 3 aromatic rings. The number of rotatable bonds is 6. The predicted octanol–water partition coefficient (Wildman–Crippen LogP) is 3.64. The standard InChI is InChI=1S/C23H23N3O3/c27-23(19-5-4-8-21(15-19)29-20-6-2-1-3-7-20)25-17-18-9-10-22(24-16-18)26-11-13-28-14-12-26/h1-10,15-16H,11-14,17H2,(H,25,27). The number of para-hydroxylation sites is 1. The van der Waals surface area contributed by atoms with Gasteiger partial charge in [0, 0.05) is 31.4 Å². The SMILES string of the molecule is O=C(NCc1ccc(N2CCOCC2)nc1)c1cccc(Oc2ccccc2)c1. The predicted molar refractivity (Wildman–Crippen MR) is 111 cm³/mol. The summed E-state index contributed by atoms with van der Waals surface area (Å²) in [5.74, 6) is 2.15. The van der Waals surface area contributed by atoms with Gasteiger partial charge >= 0.3 is 0 Å². The Kier molecular flexibility index (Phi) is 6.02. The van der Waals surface area contributed by atoms with E-state index in [1.807, 2.05) is 54.6 Å². The lowest BCUT2D eigenvalue weighted by atomic mass is 10.2. The van der Waals surface area contributed by atoms with Crippen LogP contribution in [0.4, 0.5) is 5.82 Å². The van der Waals surface area contributed by atoms with E-state index in [0.29, 0.717) is 17.9 Å². The number of nitrogens with zero attached hydrogens (tertiary/aromatic N) is 2. The third-order valence-corrected chi connectivity index (χ3v) is 4.67. The molecule has 2 heterocycles. The number of aromatic nitrogens is 1. The lowest BCUT2D eigenvalue weighted by molar-refractivity contribution is 0.0950. The highest BCUT2D eigenvalue weighted by Crippen LogP contribution is 2.22. The zero-order valence-corrected chi connectivity index (χ0v) is 16.1. The number of carbonyl (C=O) groups excluding carboxylic acids is 1. The Bertz CT molecular complexity index is 939. The van der Waals surface area contributed by atoms with Gasteiger partial charge in [-0.2, -0.15) is 0 Å². The second-order valence-corrected chi connectivity index (χ2v) is 6.75. The summed E-state index contributed by atoms with van der Waals surface area (Å²) >= 11 is 0. The van der Waals surface area contributed by atoms with E-state index < -0.39 is 0 Å². The molecule has 0 unspecified atom stereocenters. The topological polar surface area (TPSA) is 63.7 Å². The summed E-state index contributed by atoms with van der Waals surface area (Å²) < 4.78 is 11.2. The second-order valence-electron chi connectivity index (χ2n) is 6.75. The van der Waals surface area contributed by atoms with Crippen molar-refractivity contribution < 1.29 is 14.3 Å². The van der Waals surface area contributed by atoms with Gasteiger partial charge in [-0.25, -0.2) is 4.98 Å². The molecule has 1 aliphatic heterocycles. The molecule has 1 aromatic heterocycles. The van der Waals surface area contributed by atoms with Crippen molar-refractivity contribution >= 4 is 11.7 Å². The highest BCUT2D eigenvalue weighted by Gasteiger charge is 2.12. The molecule has 1 N–H and O–H groups in total. The van der Waals surface area contributed by atoms with Gasteiger partial charge in [0.05, 0.1) is 13.2 Å². The third kappa shape index (κ3) is 5.12. The minimum Gasteiger partial charge on any atom is -0.457 e. The van der Waals surface area contributed by atoms with Gasteiger partial charge in [0.25, 0.3) is 5.91 Å². The molecule has 0 saturated carbocycles. The molecule has 0 bridgehead atoms. The maximum absolute atomic E-state index is 12.5. The average molecular weight is 389 g/mol. The third-order valence-electron chi connectivity index (χ3n) is 4.67. The molecule has 1 aliphatic rings. The highest BCUT2D eigenvalue weighted by molar-refractivity contribution is 5.94. The number of hydrogen-bond acceptors (Lipinski definition) is 5. The van der Waals surface area contributed by atoms with Crippen molar-refractivity contribution in [2.24, 2.45) is 0 Å². The van der Waals surface area contributed by atoms with Crippen LogP contribution >= 0.6 is 0 Å². The van der Waals surface area contributed by atoms with Gasteiger partial charge in [0.1, 0.15) is 17.3 Å². The van der Waals surface area contributed by atoms with Crippen molar-refractivity contribution in [1.29, 1.82) is 0 Å². The number of morpholine rings is 1. The summed E-state index contributed by atoms with van der Waals surface area (Å²) in [5.41, 5.74) is 1.50. The molecule has 6 heteroatoms. The number of carbonyl (C=O) groups is 1. The van der Waals surface area contributed by atoms with Crippen molar-refractivity contribution in [1.82, 2.24) is 10.3 Å². The smallest absolute Gasteiger partial charge is 0.251 e. The zero-order valence-electron chi connectivity index (χ0n) is 16.1. The van der Waals surface area contributed by atoms with Crippen LogP contribution in [0.25, 0.3) is 0 Å². The average Bonchev–Trinajstić information content (AvgIpc) is 2.79. The summed E-state index contributed by atoms with van der Waals surface area (Å²) in [6.07, 6.45) is 1.81. The lowest BCUT2D eigenvalue weighted by Crippen LogP contribution is -2.36. The van der Waals surface area contributed by atoms with Crippen LogP contribution in [0.1, 0.15) is 15.9 Å². The molecule has 0 atom stereocenters. The molecule has 1 fully saturated rings. The fourth-order valence-electron chi connectivity index (χ4n) is 3.11. The van der Waals surface area contributed by atoms with Crippen LogP contribution in [0.3, 0.4) is 0 Å². The van der Waals surface area contributed by atoms with Crippen molar-refractivity contribution in [3.05, 3.63) is 84.1 Å². The fourth-order valence-corrected chi connectivity index (χ4v) is 3.11. The Morgan fingerprint density at radius 2 is 1.79 bits per heavy atom. The first kappa shape index (κ1) is 19.0. The molecule has 0 aliphatic carbocycles. The van der Waals surface area contributed by atoms with Crippen molar-refractivity contribution in [3.63, 3.8) is 0 Å². The summed E-state index contributed by atoms with van der Waals surface area (Å²) in [5, 5.41) is 2.94. The molecule has 1 amide bonds. The minimum absolute atomic E-state index is 0.152. The van der Waals surface area contributed by atoms with E-state index in [1.54, 1.807) is 18.3 Å². The lowest BCUT2D eigenvalue weighted by Gasteiger charge is -2.27. The maximum atomic E-state index is 12.5. The molecule has 29 heavy (non-hydrogen) atoms. The Labute approximate surface area is 170 Å². The molecule has 4 rings (SSSR count). The monoisotopic (exact) mass is 389 g/mol. The number of benzene rings is 2. The van der Waals surface area contributed by atoms with E-state index >= 15 is 0 Å². The van der Waals surface area contributed by atoms with E-state index in [-0.39, 0.29) is 5.91 Å². The number of amides is 1. The Balaban J connectivity index is 1.34. The van der Waals surface area contributed by atoms with Crippen LogP contribution in [0.5, 0.6) is 11.5 Å². The largest absolute Gasteiger partial charge is 0.457 e. The molecule has 148 valence electrons. The first-order valence-electron chi connectivity index (χ1n) is 9.67.